The summed E-state index contributed by atoms with van der Waals surface area (Å²) in [5, 5.41) is 7.23. The largest absolute Gasteiger partial charge is 0.488 e. The minimum Gasteiger partial charge on any atom is -0.488 e. The molecule has 0 saturated heterocycles. The fourth-order valence-corrected chi connectivity index (χ4v) is 1.72. The Morgan fingerprint density at radius 1 is 1.20 bits per heavy atom. The Kier molecular flexibility index (Phi) is 3.98. The van der Waals surface area contributed by atoms with Gasteiger partial charge >= 0.3 is 0 Å². The van der Waals surface area contributed by atoms with Crippen LogP contribution < -0.4 is 10.5 Å². The molecule has 20 heavy (non-hydrogen) atoms. The van der Waals surface area contributed by atoms with Gasteiger partial charge in [-0.1, -0.05) is 18.2 Å². The van der Waals surface area contributed by atoms with Gasteiger partial charge in [0, 0.05) is 17.2 Å². The van der Waals surface area contributed by atoms with Crippen molar-refractivity contribution < 1.29 is 13.5 Å². The molecule has 5 heteroatoms. The van der Waals surface area contributed by atoms with E-state index in [4.69, 9.17) is 15.9 Å². The predicted molar refractivity (Wildman–Crippen MR) is 72.9 cm³/mol. The third-order valence-corrected chi connectivity index (χ3v) is 2.90. The van der Waals surface area contributed by atoms with E-state index in [1.165, 1.54) is 24.3 Å². The molecular formula is C15H14F2N2O. The van der Waals surface area contributed by atoms with E-state index in [1.807, 2.05) is 0 Å². The zero-order valence-electron chi connectivity index (χ0n) is 10.9. The number of nitrogens with two attached hydrogens (primary N) is 1. The lowest BCUT2D eigenvalue weighted by Gasteiger charge is -2.10. The zero-order valence-corrected chi connectivity index (χ0v) is 10.9. The van der Waals surface area contributed by atoms with Gasteiger partial charge in [-0.2, -0.15) is 0 Å². The van der Waals surface area contributed by atoms with E-state index in [9.17, 15) is 8.78 Å². The smallest absolute Gasteiger partial charge is 0.130 e. The van der Waals surface area contributed by atoms with Gasteiger partial charge in [-0.3, -0.25) is 5.41 Å². The molecule has 0 aliphatic carbocycles. The third kappa shape index (κ3) is 3.12. The van der Waals surface area contributed by atoms with Crippen molar-refractivity contribution in [2.24, 2.45) is 5.73 Å². The van der Waals surface area contributed by atoms with Gasteiger partial charge in [0.25, 0.3) is 0 Å². The number of rotatable bonds is 4. The molecule has 3 N–H and O–H groups in total. The number of ether oxygens (including phenoxy) is 1. The molecule has 0 heterocycles. The number of hydrogen-bond acceptors (Lipinski definition) is 2. The van der Waals surface area contributed by atoms with Crippen molar-refractivity contribution in [2.75, 3.05) is 0 Å². The lowest BCUT2D eigenvalue weighted by Crippen LogP contribution is -2.12. The second-order valence-electron chi connectivity index (χ2n) is 4.42. The van der Waals surface area contributed by atoms with Gasteiger partial charge in [-0.15, -0.1) is 0 Å². The van der Waals surface area contributed by atoms with Crippen LogP contribution in [0.1, 0.15) is 16.7 Å². The SMILES string of the molecule is Cc1ccc(F)cc1OCc1ccc(C(=N)N)cc1F. The highest BCUT2D eigenvalue weighted by Gasteiger charge is 2.08. The summed E-state index contributed by atoms with van der Waals surface area (Å²) in [7, 11) is 0. The standard InChI is InChI=1S/C15H14F2N2O/c1-9-2-5-12(16)7-14(9)20-8-11-4-3-10(15(18)19)6-13(11)17/h2-7H,8H2,1H3,(H3,18,19). The Morgan fingerprint density at radius 3 is 2.60 bits per heavy atom. The van der Waals surface area contributed by atoms with Gasteiger partial charge in [0.1, 0.15) is 29.8 Å². The van der Waals surface area contributed by atoms with Gasteiger partial charge in [0.2, 0.25) is 0 Å². The molecule has 0 unspecified atom stereocenters. The van der Waals surface area contributed by atoms with Crippen molar-refractivity contribution in [3.8, 4) is 5.75 Å². The van der Waals surface area contributed by atoms with Crippen molar-refractivity contribution in [3.05, 3.63) is 64.7 Å². The van der Waals surface area contributed by atoms with E-state index in [0.29, 0.717) is 16.9 Å². The summed E-state index contributed by atoms with van der Waals surface area (Å²) in [6.45, 7) is 1.76. The first-order valence-corrected chi connectivity index (χ1v) is 5.99. The first-order chi connectivity index (χ1) is 9.47. The molecule has 0 aliphatic rings. The van der Waals surface area contributed by atoms with Gasteiger partial charge in [0.05, 0.1) is 0 Å². The van der Waals surface area contributed by atoms with E-state index in [1.54, 1.807) is 19.1 Å². The molecule has 0 fully saturated rings. The van der Waals surface area contributed by atoms with E-state index in [2.05, 4.69) is 0 Å². The summed E-state index contributed by atoms with van der Waals surface area (Å²) in [6, 6.07) is 8.42. The topological polar surface area (TPSA) is 59.1 Å². The van der Waals surface area contributed by atoms with Crippen LogP contribution >= 0.6 is 0 Å². The number of amidine groups is 1. The van der Waals surface area contributed by atoms with Gasteiger partial charge in [0.15, 0.2) is 0 Å². The molecule has 2 aromatic carbocycles. The molecule has 0 aliphatic heterocycles. The molecule has 0 saturated carbocycles. The molecule has 2 aromatic rings. The number of hydrogen-bond donors (Lipinski definition) is 2. The minimum absolute atomic E-state index is 0.0195. The highest BCUT2D eigenvalue weighted by atomic mass is 19.1. The molecule has 2 rings (SSSR count). The lowest BCUT2D eigenvalue weighted by atomic mass is 10.1. The van der Waals surface area contributed by atoms with E-state index in [-0.39, 0.29) is 12.4 Å². The van der Waals surface area contributed by atoms with Crippen LogP contribution in [0.3, 0.4) is 0 Å². The van der Waals surface area contributed by atoms with E-state index >= 15 is 0 Å². The zero-order chi connectivity index (χ0) is 14.7. The van der Waals surface area contributed by atoms with Crippen LogP contribution in [0.2, 0.25) is 0 Å². The first-order valence-electron chi connectivity index (χ1n) is 5.99. The Bertz CT molecular complexity index is 656. The number of nitrogens with one attached hydrogen (secondary N) is 1. The molecule has 0 bridgehead atoms. The quantitative estimate of drug-likeness (QED) is 0.665. The monoisotopic (exact) mass is 276 g/mol. The van der Waals surface area contributed by atoms with Crippen LogP contribution in [0.15, 0.2) is 36.4 Å². The summed E-state index contributed by atoms with van der Waals surface area (Å²) in [5.41, 5.74) is 6.68. The molecule has 104 valence electrons. The van der Waals surface area contributed by atoms with Crippen LogP contribution in [0.25, 0.3) is 0 Å². The van der Waals surface area contributed by atoms with Crippen LogP contribution in [-0.4, -0.2) is 5.84 Å². The van der Waals surface area contributed by atoms with Crippen LogP contribution in [-0.2, 0) is 6.61 Å². The van der Waals surface area contributed by atoms with Gasteiger partial charge in [-0.25, -0.2) is 8.78 Å². The predicted octanol–water partition coefficient (Wildman–Crippen LogP) is 3.14. The van der Waals surface area contributed by atoms with E-state index < -0.39 is 11.6 Å². The van der Waals surface area contributed by atoms with Crippen molar-refractivity contribution in [1.82, 2.24) is 0 Å². The minimum atomic E-state index is -0.508. The highest BCUT2D eigenvalue weighted by molar-refractivity contribution is 5.94. The Morgan fingerprint density at radius 2 is 1.95 bits per heavy atom. The maximum absolute atomic E-state index is 13.8. The number of aryl methyl sites for hydroxylation is 1. The Labute approximate surface area is 115 Å². The van der Waals surface area contributed by atoms with Crippen molar-refractivity contribution in [1.29, 1.82) is 5.41 Å². The second kappa shape index (κ2) is 5.69. The molecule has 0 atom stereocenters. The number of nitrogen functional groups attached to an aromatic ring is 1. The number of halogens is 2. The molecule has 0 amide bonds. The highest BCUT2D eigenvalue weighted by Crippen LogP contribution is 2.21. The summed E-state index contributed by atoms with van der Waals surface area (Å²) >= 11 is 0. The number of benzene rings is 2. The summed E-state index contributed by atoms with van der Waals surface area (Å²) < 4.78 is 32.3. The van der Waals surface area contributed by atoms with Gasteiger partial charge < -0.3 is 10.5 Å². The van der Waals surface area contributed by atoms with Crippen LogP contribution in [0, 0.1) is 24.0 Å². The second-order valence-corrected chi connectivity index (χ2v) is 4.42. The van der Waals surface area contributed by atoms with Crippen molar-refractivity contribution in [3.63, 3.8) is 0 Å². The third-order valence-electron chi connectivity index (χ3n) is 2.90. The van der Waals surface area contributed by atoms with Crippen LogP contribution in [0.5, 0.6) is 5.75 Å². The van der Waals surface area contributed by atoms with Crippen molar-refractivity contribution >= 4 is 5.84 Å². The average Bonchev–Trinajstić information content (AvgIpc) is 2.40. The molecule has 3 nitrogen and oxygen atoms in total. The molecule has 0 spiro atoms. The van der Waals surface area contributed by atoms with Crippen molar-refractivity contribution in [2.45, 2.75) is 13.5 Å². The average molecular weight is 276 g/mol. The fraction of sp³-hybridized carbons (Fsp3) is 0.133. The summed E-state index contributed by atoms with van der Waals surface area (Å²) in [4.78, 5) is 0. The van der Waals surface area contributed by atoms with Gasteiger partial charge in [-0.05, 0) is 24.6 Å². The summed E-state index contributed by atoms with van der Waals surface area (Å²) in [6.07, 6.45) is 0. The normalized spacial score (nSPS) is 10.3. The lowest BCUT2D eigenvalue weighted by molar-refractivity contribution is 0.296. The first kappa shape index (κ1) is 14.0. The Balaban J connectivity index is 2.15. The molecular weight excluding hydrogens is 262 g/mol. The van der Waals surface area contributed by atoms with Crippen LogP contribution in [0.4, 0.5) is 8.78 Å². The summed E-state index contributed by atoms with van der Waals surface area (Å²) in [5.74, 6) is -0.734. The maximum atomic E-state index is 13.8. The maximum Gasteiger partial charge on any atom is 0.130 e. The fourth-order valence-electron chi connectivity index (χ4n) is 1.72. The van der Waals surface area contributed by atoms with E-state index in [0.717, 1.165) is 5.56 Å². The molecule has 0 radical (unpaired) electrons. The molecule has 0 aromatic heterocycles. The Hall–Kier alpha value is -2.43.